The third-order valence-electron chi connectivity index (χ3n) is 3.95. The molecule has 172 valence electrons. The molecule has 1 amide bonds. The molecular weight excluding hydrogens is 413 g/mol. The lowest BCUT2D eigenvalue weighted by molar-refractivity contribution is -0.126. The van der Waals surface area contributed by atoms with Crippen LogP contribution in [0.5, 0.6) is 0 Å². The molecule has 0 aromatic rings. The summed E-state index contributed by atoms with van der Waals surface area (Å²) in [7, 11) is -6.00. The summed E-state index contributed by atoms with van der Waals surface area (Å²) in [6, 6.07) is 0.594. The minimum atomic E-state index is -3.23. The van der Waals surface area contributed by atoms with Crippen LogP contribution in [0, 0.1) is 0 Å². The molecular formula is C19H40NO7PSi. The minimum absolute atomic E-state index is 0.138. The van der Waals surface area contributed by atoms with Crippen molar-refractivity contribution >= 4 is 22.3 Å². The van der Waals surface area contributed by atoms with E-state index in [1.54, 1.807) is 25.7 Å². The van der Waals surface area contributed by atoms with Crippen molar-refractivity contribution in [2.75, 3.05) is 52.3 Å². The molecule has 0 radical (unpaired) electrons. The van der Waals surface area contributed by atoms with Gasteiger partial charge in [0.2, 0.25) is 5.91 Å². The average Bonchev–Trinajstić information content (AvgIpc) is 2.65. The summed E-state index contributed by atoms with van der Waals surface area (Å²) >= 11 is 0. The molecule has 10 heteroatoms. The van der Waals surface area contributed by atoms with Crippen LogP contribution in [-0.2, 0) is 31.7 Å². The van der Waals surface area contributed by atoms with Crippen molar-refractivity contribution in [2.45, 2.75) is 54.0 Å². The van der Waals surface area contributed by atoms with E-state index < -0.39 is 16.4 Å². The summed E-state index contributed by atoms with van der Waals surface area (Å²) in [5.74, 6) is -0.180. The van der Waals surface area contributed by atoms with E-state index >= 15 is 0 Å². The Bertz CT molecular complexity index is 506. The highest BCUT2D eigenvalue weighted by Gasteiger charge is 2.40. The Morgan fingerprint density at radius 1 is 0.897 bits per heavy atom. The fraction of sp³-hybridized carbons (Fsp3) is 0.842. The fourth-order valence-corrected chi connectivity index (χ4v) is 7.07. The SMILES string of the molecule is C=C(C)C(=O)N(CCC[Si](OCC)(OCC)OCC)CCP(=O)(OCC)OCC. The first-order valence-electron chi connectivity index (χ1n) is 10.5. The molecule has 0 aromatic carbocycles. The fourth-order valence-electron chi connectivity index (χ4n) is 2.88. The molecule has 0 aliphatic heterocycles. The number of nitrogens with zero attached hydrogens (tertiary/aromatic N) is 1. The van der Waals surface area contributed by atoms with Gasteiger partial charge < -0.3 is 27.2 Å². The molecule has 0 atom stereocenters. The van der Waals surface area contributed by atoms with Crippen LogP contribution in [0.1, 0.15) is 48.0 Å². The van der Waals surface area contributed by atoms with Gasteiger partial charge in [0.25, 0.3) is 0 Å². The topological polar surface area (TPSA) is 83.5 Å². The largest absolute Gasteiger partial charge is 0.500 e. The number of hydrogen-bond donors (Lipinski definition) is 0. The maximum absolute atomic E-state index is 12.7. The van der Waals surface area contributed by atoms with Gasteiger partial charge in [-0.15, -0.1) is 0 Å². The van der Waals surface area contributed by atoms with Gasteiger partial charge >= 0.3 is 16.4 Å². The van der Waals surface area contributed by atoms with Crippen molar-refractivity contribution in [1.29, 1.82) is 0 Å². The zero-order chi connectivity index (χ0) is 22.3. The summed E-state index contributed by atoms with van der Waals surface area (Å²) in [6.07, 6.45) is 0.775. The zero-order valence-corrected chi connectivity index (χ0v) is 20.9. The van der Waals surface area contributed by atoms with Gasteiger partial charge in [0.1, 0.15) is 0 Å². The third kappa shape index (κ3) is 10.9. The van der Waals surface area contributed by atoms with E-state index in [0.29, 0.717) is 44.4 Å². The first-order valence-corrected chi connectivity index (χ1v) is 14.1. The van der Waals surface area contributed by atoms with Crippen molar-refractivity contribution in [3.8, 4) is 0 Å². The number of amides is 1. The highest BCUT2D eigenvalue weighted by Crippen LogP contribution is 2.47. The lowest BCUT2D eigenvalue weighted by Crippen LogP contribution is -2.46. The molecule has 0 spiro atoms. The van der Waals surface area contributed by atoms with Crippen LogP contribution in [-0.4, -0.2) is 71.9 Å². The van der Waals surface area contributed by atoms with E-state index in [1.165, 1.54) is 0 Å². The first kappa shape index (κ1) is 28.5. The zero-order valence-electron chi connectivity index (χ0n) is 19.0. The molecule has 0 bridgehead atoms. The number of carbonyl (C=O) groups is 1. The number of carbonyl (C=O) groups excluding carboxylic acids is 1. The van der Waals surface area contributed by atoms with Gasteiger partial charge in [0, 0.05) is 44.5 Å². The van der Waals surface area contributed by atoms with Crippen molar-refractivity contribution < 1.29 is 31.7 Å². The van der Waals surface area contributed by atoms with Crippen LogP contribution >= 0.6 is 7.60 Å². The maximum atomic E-state index is 12.7. The van der Waals surface area contributed by atoms with Gasteiger partial charge in [0.05, 0.1) is 19.4 Å². The van der Waals surface area contributed by atoms with Gasteiger partial charge in [-0.2, -0.15) is 0 Å². The van der Waals surface area contributed by atoms with Gasteiger partial charge in [-0.25, -0.2) is 0 Å². The van der Waals surface area contributed by atoms with Gasteiger partial charge in [-0.3, -0.25) is 9.36 Å². The average molecular weight is 454 g/mol. The Balaban J connectivity index is 5.13. The minimum Gasteiger partial charge on any atom is -0.374 e. The highest BCUT2D eigenvalue weighted by atomic mass is 31.2. The molecule has 0 saturated heterocycles. The summed E-state index contributed by atoms with van der Waals surface area (Å²) < 4.78 is 41.0. The molecule has 8 nitrogen and oxygen atoms in total. The summed E-state index contributed by atoms with van der Waals surface area (Å²) in [4.78, 5) is 14.2. The second-order valence-corrected chi connectivity index (χ2v) is 11.2. The van der Waals surface area contributed by atoms with Gasteiger partial charge in [0.15, 0.2) is 0 Å². The van der Waals surface area contributed by atoms with Crippen LogP contribution in [0.15, 0.2) is 12.2 Å². The Hall–Kier alpha value is -0.543. The van der Waals surface area contributed by atoms with E-state index in [2.05, 4.69) is 6.58 Å². The van der Waals surface area contributed by atoms with Crippen LogP contribution in [0.4, 0.5) is 0 Å². The van der Waals surface area contributed by atoms with Crippen LogP contribution in [0.2, 0.25) is 6.04 Å². The predicted octanol–water partition coefficient (Wildman–Crippen LogP) is 4.10. The van der Waals surface area contributed by atoms with Crippen molar-refractivity contribution in [2.24, 2.45) is 0 Å². The number of hydrogen-bond acceptors (Lipinski definition) is 7. The first-order chi connectivity index (χ1) is 13.7. The van der Waals surface area contributed by atoms with E-state index in [0.717, 1.165) is 0 Å². The summed E-state index contributed by atoms with van der Waals surface area (Å²) in [5, 5.41) is 0. The Morgan fingerprint density at radius 2 is 1.38 bits per heavy atom. The molecule has 0 fully saturated rings. The second-order valence-electron chi connectivity index (χ2n) is 6.33. The lowest BCUT2D eigenvalue weighted by Gasteiger charge is -2.30. The molecule has 0 rings (SSSR count). The molecule has 0 N–H and O–H groups in total. The molecule has 0 aromatic heterocycles. The highest BCUT2D eigenvalue weighted by molar-refractivity contribution is 7.53. The predicted molar refractivity (Wildman–Crippen MR) is 117 cm³/mol. The molecule has 0 unspecified atom stereocenters. The van der Waals surface area contributed by atoms with Crippen LogP contribution in [0.25, 0.3) is 0 Å². The Labute approximate surface area is 177 Å². The van der Waals surface area contributed by atoms with Crippen molar-refractivity contribution in [3.05, 3.63) is 12.2 Å². The van der Waals surface area contributed by atoms with Crippen LogP contribution in [0.3, 0.4) is 0 Å². The van der Waals surface area contributed by atoms with E-state index in [1.807, 2.05) is 20.8 Å². The maximum Gasteiger partial charge on any atom is 0.500 e. The van der Waals surface area contributed by atoms with Crippen LogP contribution < -0.4 is 0 Å². The monoisotopic (exact) mass is 453 g/mol. The molecule has 0 heterocycles. The van der Waals surface area contributed by atoms with Crippen molar-refractivity contribution in [1.82, 2.24) is 4.90 Å². The molecule has 29 heavy (non-hydrogen) atoms. The third-order valence-corrected chi connectivity index (χ3v) is 9.15. The smallest absolute Gasteiger partial charge is 0.374 e. The summed E-state index contributed by atoms with van der Waals surface area (Å²) in [5.41, 5.74) is 0.426. The van der Waals surface area contributed by atoms with E-state index in [4.69, 9.17) is 22.3 Å². The lowest BCUT2D eigenvalue weighted by atomic mass is 10.3. The number of rotatable bonds is 18. The van der Waals surface area contributed by atoms with Gasteiger partial charge in [-0.1, -0.05) is 6.58 Å². The van der Waals surface area contributed by atoms with E-state index in [-0.39, 0.29) is 31.8 Å². The Morgan fingerprint density at radius 3 is 1.76 bits per heavy atom. The standard InChI is InChI=1S/C19H40NO7PSi/c1-8-23-28(22,24-9-2)16-15-20(19(21)18(6)7)14-13-17-29(25-10-3,26-11-4)27-12-5/h6,8-17H2,1-5,7H3. The molecule has 0 saturated carbocycles. The molecule has 0 aliphatic rings. The van der Waals surface area contributed by atoms with Crippen molar-refractivity contribution in [3.63, 3.8) is 0 Å². The second kappa shape index (κ2) is 15.3. The van der Waals surface area contributed by atoms with E-state index in [9.17, 15) is 9.36 Å². The normalized spacial score (nSPS) is 12.2. The Kier molecular flexibility index (Phi) is 15.0. The van der Waals surface area contributed by atoms with Gasteiger partial charge in [-0.05, 0) is 48.0 Å². The molecule has 0 aliphatic carbocycles. The summed E-state index contributed by atoms with van der Waals surface area (Å²) in [6.45, 7) is 17.5. The quantitative estimate of drug-likeness (QED) is 0.176.